The van der Waals surface area contributed by atoms with Gasteiger partial charge in [0.25, 0.3) is 0 Å². The van der Waals surface area contributed by atoms with Crippen LogP contribution in [0.2, 0.25) is 0 Å². The van der Waals surface area contributed by atoms with Crippen molar-refractivity contribution in [1.82, 2.24) is 9.97 Å². The van der Waals surface area contributed by atoms with Crippen LogP contribution < -0.4 is 0 Å². The van der Waals surface area contributed by atoms with Gasteiger partial charge in [0, 0.05) is 99.6 Å². The maximum absolute atomic E-state index is 9.94. The van der Waals surface area contributed by atoms with Crippen LogP contribution >= 0.6 is 22.7 Å². The Labute approximate surface area is 418 Å². The summed E-state index contributed by atoms with van der Waals surface area (Å²) in [5.41, 5.74) is 3.96. The van der Waals surface area contributed by atoms with Crippen molar-refractivity contribution in [2.75, 3.05) is 0 Å². The van der Waals surface area contributed by atoms with E-state index in [0.717, 1.165) is 69.8 Å². The minimum atomic E-state index is 0. The third-order valence-corrected chi connectivity index (χ3v) is 14.9. The largest absolute Gasteiger partial charge is 0.507 e. The second-order valence-electron chi connectivity index (χ2n) is 17.0. The predicted octanol–water partition coefficient (Wildman–Crippen LogP) is 14.3. The van der Waals surface area contributed by atoms with E-state index in [4.69, 9.17) is 9.98 Å². The van der Waals surface area contributed by atoms with E-state index < -0.39 is 0 Å². The summed E-state index contributed by atoms with van der Waals surface area (Å²) in [6.45, 7) is 4.97. The summed E-state index contributed by atoms with van der Waals surface area (Å²) in [4.78, 5) is 20.4. The van der Waals surface area contributed by atoms with Crippen molar-refractivity contribution >= 4 is 55.3 Å². The van der Waals surface area contributed by atoms with Crippen LogP contribution in [0.5, 0.6) is 11.5 Å². The van der Waals surface area contributed by atoms with Gasteiger partial charge < -0.3 is 20.2 Å². The Morgan fingerprint density at radius 3 is 1.25 bits per heavy atom. The van der Waals surface area contributed by atoms with Crippen LogP contribution in [0, 0.1) is 29.4 Å². The van der Waals surface area contributed by atoms with Crippen LogP contribution in [0.3, 0.4) is 0 Å². The molecule has 2 aliphatic rings. The molecule has 65 heavy (non-hydrogen) atoms. The molecule has 2 saturated carbocycles. The minimum Gasteiger partial charge on any atom is -0.507 e. The molecule has 0 bridgehead atoms. The molecule has 2 fully saturated rings. The van der Waals surface area contributed by atoms with Crippen molar-refractivity contribution in [1.29, 1.82) is 0 Å². The number of pyridine rings is 2. The molecule has 0 spiro atoms. The van der Waals surface area contributed by atoms with Crippen molar-refractivity contribution in [3.05, 3.63) is 169 Å². The SMILES string of the molecule is CC(C)(C1CCC(N=Cc2ccccc2O)CC1)C1CCC(N=Cc2ccccc2O)CC1.[Ir].[Ir].[c-]1c(-c2ccccn2)sc2ccccc12.[c-]1c(-c2ccccn2)sc2ccccc12. The number of rotatable bonds is 8. The van der Waals surface area contributed by atoms with Gasteiger partial charge in [-0.25, -0.2) is 22.7 Å². The van der Waals surface area contributed by atoms with Gasteiger partial charge in [-0.3, -0.25) is 9.98 Å². The second-order valence-corrected chi connectivity index (χ2v) is 19.1. The van der Waals surface area contributed by atoms with Crippen molar-refractivity contribution < 1.29 is 50.4 Å². The summed E-state index contributed by atoms with van der Waals surface area (Å²) in [7, 11) is 0. The number of hydrogen-bond acceptors (Lipinski definition) is 8. The zero-order valence-corrected chi connectivity index (χ0v) is 43.1. The number of phenols is 2. The van der Waals surface area contributed by atoms with E-state index in [9.17, 15) is 10.2 Å². The fourth-order valence-corrected chi connectivity index (χ4v) is 10.9. The molecule has 2 radical (unpaired) electrons. The Bertz CT molecular complexity index is 2490. The van der Waals surface area contributed by atoms with Crippen LogP contribution in [0.15, 0.2) is 156 Å². The molecule has 2 N–H and O–H groups in total. The Morgan fingerprint density at radius 1 is 0.508 bits per heavy atom. The number of fused-ring (bicyclic) bond motifs is 2. The van der Waals surface area contributed by atoms with Crippen molar-refractivity contribution in [3.8, 4) is 32.6 Å². The molecule has 0 atom stereocenters. The van der Waals surface area contributed by atoms with E-state index in [1.807, 2.05) is 110 Å². The van der Waals surface area contributed by atoms with E-state index >= 15 is 0 Å². The number of aromatic hydroxyl groups is 2. The maximum Gasteiger partial charge on any atom is 0.124 e. The van der Waals surface area contributed by atoms with Crippen molar-refractivity contribution in [3.63, 3.8) is 0 Å². The maximum atomic E-state index is 9.94. The van der Waals surface area contributed by atoms with Gasteiger partial charge in [-0.15, -0.1) is 47.2 Å². The number of nitrogens with zero attached hydrogens (tertiary/aromatic N) is 4. The van der Waals surface area contributed by atoms with E-state index in [1.165, 1.54) is 45.9 Å². The molecule has 0 amide bonds. The summed E-state index contributed by atoms with van der Waals surface area (Å²) in [6, 6.07) is 50.7. The van der Waals surface area contributed by atoms with Crippen molar-refractivity contribution in [2.24, 2.45) is 27.2 Å². The van der Waals surface area contributed by atoms with Crippen LogP contribution in [0.4, 0.5) is 0 Å². The first-order chi connectivity index (χ1) is 30.8. The van der Waals surface area contributed by atoms with Crippen LogP contribution in [0.25, 0.3) is 41.3 Å². The molecule has 4 aromatic heterocycles. The summed E-state index contributed by atoms with van der Waals surface area (Å²) >= 11 is 3.46. The average molecular weight is 1250 g/mol. The molecule has 0 saturated heterocycles. The molecule has 4 heterocycles. The third kappa shape index (κ3) is 13.3. The summed E-state index contributed by atoms with van der Waals surface area (Å²) in [6.07, 6.45) is 16.8. The molecule has 4 aromatic carbocycles. The molecule has 2 aliphatic carbocycles. The number of thiophene rings is 2. The molecule has 10 rings (SSSR count). The minimum absolute atomic E-state index is 0. The Hall–Kier alpha value is -4.66. The van der Waals surface area contributed by atoms with Gasteiger partial charge >= 0.3 is 0 Å². The van der Waals surface area contributed by atoms with Gasteiger partial charge in [0.2, 0.25) is 0 Å². The van der Waals surface area contributed by atoms with Gasteiger partial charge in [-0.05, 0) is 124 Å². The Morgan fingerprint density at radius 2 is 0.877 bits per heavy atom. The zero-order chi connectivity index (χ0) is 43.4. The van der Waals surface area contributed by atoms with Gasteiger partial charge in [-0.2, -0.15) is 0 Å². The second kappa shape index (κ2) is 24.2. The first-order valence-electron chi connectivity index (χ1n) is 22.1. The summed E-state index contributed by atoms with van der Waals surface area (Å²) < 4.78 is 2.52. The number of aromatic nitrogens is 2. The van der Waals surface area contributed by atoms with Crippen molar-refractivity contribution in [2.45, 2.75) is 77.3 Å². The summed E-state index contributed by atoms with van der Waals surface area (Å²) in [5.74, 6) is 2.11. The monoisotopic (exact) mass is 1250 g/mol. The fraction of sp³-hybridized carbons (Fsp3) is 0.273. The molecule has 0 aliphatic heterocycles. The number of hydrogen-bond donors (Lipinski definition) is 2. The molecular formula is C55H54Ir2N4O2S2-2. The van der Waals surface area contributed by atoms with E-state index in [2.05, 4.69) is 72.3 Å². The van der Waals surface area contributed by atoms with E-state index in [0.29, 0.717) is 29.0 Å². The standard InChI is InChI=1S/C29H38N2O2.2C13H8NS.2Ir/c1-29(2,23-11-15-25(16-12-23)30-19-21-7-3-5-9-27(21)32)24-13-17-26(18-14-24)31-20-22-8-4-6-10-28(22)33;2*1-2-7-12-10(5-1)9-13(15-12)11-6-3-4-8-14-11;;/h3-10,19-20,23-26,32-33H,11-18H2,1-2H3;2*1-8H;;/q;2*-1;;. The van der Waals surface area contributed by atoms with Gasteiger partial charge in [0.05, 0.1) is 0 Å². The molecule has 6 nitrogen and oxygen atoms in total. The van der Waals surface area contributed by atoms with Gasteiger partial charge in [0.15, 0.2) is 0 Å². The number of aliphatic imine (C=N–C) groups is 2. The average Bonchev–Trinajstić information content (AvgIpc) is 3.98. The Balaban J connectivity index is 0.000000180. The smallest absolute Gasteiger partial charge is 0.124 e. The van der Waals surface area contributed by atoms with Gasteiger partial charge in [0.1, 0.15) is 11.5 Å². The quantitative estimate of drug-likeness (QED) is 0.117. The number of benzene rings is 4. The molecule has 8 aromatic rings. The predicted molar refractivity (Wildman–Crippen MR) is 264 cm³/mol. The number of para-hydroxylation sites is 2. The zero-order valence-electron chi connectivity index (χ0n) is 36.6. The van der Waals surface area contributed by atoms with E-state index in [-0.39, 0.29) is 40.2 Å². The molecule has 10 heteroatoms. The molecular weight excluding hydrogens is 1200 g/mol. The normalized spacial score (nSPS) is 18.5. The first kappa shape index (κ1) is 49.8. The van der Waals surface area contributed by atoms with Crippen LogP contribution in [-0.2, 0) is 40.2 Å². The number of phenolic OH excluding ortho intramolecular Hbond substituents is 2. The fourth-order valence-electron chi connectivity index (χ4n) is 8.90. The van der Waals surface area contributed by atoms with Gasteiger partial charge in [-0.1, -0.05) is 86.6 Å². The third-order valence-electron chi connectivity index (χ3n) is 12.7. The Kier molecular flexibility index (Phi) is 18.5. The van der Waals surface area contributed by atoms with Crippen LogP contribution in [-0.4, -0.2) is 44.7 Å². The molecule has 338 valence electrons. The first-order valence-corrected chi connectivity index (χ1v) is 23.7. The van der Waals surface area contributed by atoms with Crippen LogP contribution in [0.1, 0.15) is 76.3 Å². The molecule has 0 unspecified atom stereocenters. The summed E-state index contributed by atoms with van der Waals surface area (Å²) in [5, 5.41) is 22.2. The van der Waals surface area contributed by atoms with E-state index in [1.54, 1.807) is 34.8 Å². The topological polar surface area (TPSA) is 91.0 Å².